The summed E-state index contributed by atoms with van der Waals surface area (Å²) in [5.41, 5.74) is 15.3. The molecule has 13 rings (SSSR count). The van der Waals surface area contributed by atoms with E-state index in [0.29, 0.717) is 0 Å². The Balaban J connectivity index is 0.909. The molecule has 1 spiro atoms. The number of para-hydroxylation sites is 1. The van der Waals surface area contributed by atoms with Gasteiger partial charge in [-0.3, -0.25) is 0 Å². The molecule has 4 aliphatic carbocycles. The number of benzene rings is 7. The van der Waals surface area contributed by atoms with Crippen molar-refractivity contribution in [3.63, 3.8) is 0 Å². The number of thiophene rings is 1. The van der Waals surface area contributed by atoms with Gasteiger partial charge in [0.25, 0.3) is 0 Å². The molecular weight excluding hydrogens is 671 g/mol. The molecule has 2 heteroatoms. The summed E-state index contributed by atoms with van der Waals surface area (Å²) in [6, 6.07) is 58.0. The van der Waals surface area contributed by atoms with Crippen LogP contribution in [0.1, 0.15) is 43.2 Å². The van der Waals surface area contributed by atoms with Crippen LogP contribution in [0.2, 0.25) is 0 Å². The highest BCUT2D eigenvalue weighted by Crippen LogP contribution is 2.70. The molecule has 5 unspecified atom stereocenters. The molecule has 0 saturated heterocycles. The number of hydrogen-bond donors (Lipinski definition) is 0. The second-order valence-electron chi connectivity index (χ2n) is 16.8. The first-order chi connectivity index (χ1) is 26.7. The Morgan fingerprint density at radius 2 is 1.17 bits per heavy atom. The summed E-state index contributed by atoms with van der Waals surface area (Å²) in [5.74, 6) is 3.41. The van der Waals surface area contributed by atoms with Gasteiger partial charge in [-0.1, -0.05) is 97.1 Å². The van der Waals surface area contributed by atoms with E-state index in [1.54, 1.807) is 11.1 Å². The molecule has 1 nitrogen and oxygen atoms in total. The minimum absolute atomic E-state index is 0.197. The first-order valence-corrected chi connectivity index (χ1v) is 20.8. The molecule has 0 N–H and O–H groups in total. The maximum absolute atomic E-state index is 2.62. The van der Waals surface area contributed by atoms with Crippen molar-refractivity contribution in [1.29, 1.82) is 0 Å². The van der Waals surface area contributed by atoms with E-state index in [1.165, 1.54) is 113 Å². The van der Waals surface area contributed by atoms with Crippen molar-refractivity contribution >= 4 is 53.3 Å². The zero-order valence-corrected chi connectivity index (χ0v) is 31.0. The summed E-state index contributed by atoms with van der Waals surface area (Å²) in [7, 11) is 0. The monoisotopic (exact) mass is 709 g/mol. The number of fused-ring (bicyclic) bond motifs is 10. The van der Waals surface area contributed by atoms with Crippen molar-refractivity contribution in [2.24, 2.45) is 23.7 Å². The van der Waals surface area contributed by atoms with Crippen molar-refractivity contribution in [3.8, 4) is 39.1 Å². The average Bonchev–Trinajstić information content (AvgIpc) is 3.91. The third kappa shape index (κ3) is 3.89. The molecule has 4 aliphatic rings. The fourth-order valence-corrected chi connectivity index (χ4v) is 13.6. The van der Waals surface area contributed by atoms with Crippen LogP contribution in [0, 0.1) is 23.7 Å². The first-order valence-electron chi connectivity index (χ1n) is 20.0. The fraction of sp³-hybridized carbons (Fsp3) is 0.192. The van der Waals surface area contributed by atoms with Crippen LogP contribution in [0.3, 0.4) is 0 Å². The second-order valence-corrected chi connectivity index (χ2v) is 17.9. The summed E-state index contributed by atoms with van der Waals surface area (Å²) < 4.78 is 5.15. The van der Waals surface area contributed by atoms with Crippen LogP contribution in [0.25, 0.3) is 81.0 Å². The van der Waals surface area contributed by atoms with Crippen LogP contribution in [0.15, 0.2) is 152 Å². The number of aromatic nitrogens is 1. The molecule has 54 heavy (non-hydrogen) atoms. The maximum Gasteiger partial charge on any atom is 0.0541 e. The highest BCUT2D eigenvalue weighted by Gasteiger charge is 2.63. The van der Waals surface area contributed by atoms with Crippen LogP contribution in [-0.4, -0.2) is 4.57 Å². The Labute approximate surface area is 319 Å². The Hall–Kier alpha value is -5.44. The average molecular weight is 710 g/mol. The Bertz CT molecular complexity index is 3010. The minimum atomic E-state index is 0.197. The van der Waals surface area contributed by atoms with Gasteiger partial charge in [-0.15, -0.1) is 11.3 Å². The van der Waals surface area contributed by atoms with Gasteiger partial charge in [0.1, 0.15) is 0 Å². The normalized spacial score (nSPS) is 23.6. The highest BCUT2D eigenvalue weighted by atomic mass is 32.1. The zero-order chi connectivity index (χ0) is 35.1. The summed E-state index contributed by atoms with van der Waals surface area (Å²) >= 11 is 1.88. The molecule has 3 fully saturated rings. The van der Waals surface area contributed by atoms with E-state index >= 15 is 0 Å². The van der Waals surface area contributed by atoms with E-state index in [1.807, 2.05) is 11.3 Å². The van der Waals surface area contributed by atoms with Gasteiger partial charge in [0.05, 0.1) is 11.0 Å². The summed E-state index contributed by atoms with van der Waals surface area (Å²) in [6.45, 7) is 0. The van der Waals surface area contributed by atoms with E-state index in [2.05, 4.69) is 156 Å². The SMILES string of the molecule is c1ccc2c(c1)-c1ccc(-c3ccc(-n4c5ccccc5c5cc(-c6ccc7sc8ccccc8c7c6)ccc54)cc3)cc1C21C2CCC3CC(C2)CC31. The van der Waals surface area contributed by atoms with Crippen LogP contribution >= 0.6 is 11.3 Å². The van der Waals surface area contributed by atoms with Gasteiger partial charge in [0.2, 0.25) is 0 Å². The standard InChI is InChI=1S/C52H39NS/c1-4-10-45-39(7-1)40-22-16-35(30-47(40)52(45)37-19-13-36-25-31(26-37)27-46(36)52)32-14-20-38(21-15-32)53-48-11-5-2-8-41(48)43-28-33(17-23-49(43)53)34-18-24-51-44(29-34)42-9-3-6-12-50(42)54-51/h1-12,14-18,20-24,28-31,36-37,46H,13,19,25-27H2. The van der Waals surface area contributed by atoms with Crippen LogP contribution in [0.5, 0.6) is 0 Å². The van der Waals surface area contributed by atoms with Gasteiger partial charge in [-0.25, -0.2) is 0 Å². The molecule has 9 aromatic rings. The molecule has 2 heterocycles. The molecule has 2 aromatic heterocycles. The van der Waals surface area contributed by atoms with Crippen molar-refractivity contribution in [2.45, 2.75) is 37.5 Å². The van der Waals surface area contributed by atoms with E-state index in [9.17, 15) is 0 Å². The van der Waals surface area contributed by atoms with E-state index < -0.39 is 0 Å². The molecule has 3 saturated carbocycles. The topological polar surface area (TPSA) is 4.93 Å². The van der Waals surface area contributed by atoms with Gasteiger partial charge in [-0.05, 0) is 155 Å². The molecular formula is C52H39NS. The molecule has 5 atom stereocenters. The number of rotatable bonds is 3. The van der Waals surface area contributed by atoms with Crippen LogP contribution in [0.4, 0.5) is 0 Å². The van der Waals surface area contributed by atoms with Crippen molar-refractivity contribution in [3.05, 3.63) is 163 Å². The third-order valence-electron chi connectivity index (χ3n) is 14.5. The van der Waals surface area contributed by atoms with E-state index in [4.69, 9.17) is 0 Å². The summed E-state index contributed by atoms with van der Waals surface area (Å²) in [4.78, 5) is 0. The fourth-order valence-electron chi connectivity index (χ4n) is 12.5. The molecule has 3 bridgehead atoms. The highest BCUT2D eigenvalue weighted by molar-refractivity contribution is 7.25. The van der Waals surface area contributed by atoms with Crippen molar-refractivity contribution < 1.29 is 0 Å². The quantitative estimate of drug-likeness (QED) is 0.172. The summed E-state index contributed by atoms with van der Waals surface area (Å²) in [6.07, 6.45) is 7.15. The van der Waals surface area contributed by atoms with E-state index in [0.717, 1.165) is 23.7 Å². The lowest BCUT2D eigenvalue weighted by Gasteiger charge is -2.52. The van der Waals surface area contributed by atoms with Gasteiger partial charge < -0.3 is 4.57 Å². The first kappa shape index (κ1) is 29.9. The molecule has 0 amide bonds. The second kappa shape index (κ2) is 10.8. The smallest absolute Gasteiger partial charge is 0.0541 e. The Morgan fingerprint density at radius 3 is 2.09 bits per heavy atom. The number of hydrogen-bond acceptors (Lipinski definition) is 1. The van der Waals surface area contributed by atoms with Crippen LogP contribution < -0.4 is 0 Å². The van der Waals surface area contributed by atoms with Gasteiger partial charge in [0, 0.05) is 42.0 Å². The lowest BCUT2D eigenvalue weighted by molar-refractivity contribution is 0.0768. The predicted molar refractivity (Wildman–Crippen MR) is 228 cm³/mol. The molecule has 0 aliphatic heterocycles. The lowest BCUT2D eigenvalue weighted by Crippen LogP contribution is -2.48. The maximum atomic E-state index is 2.62. The van der Waals surface area contributed by atoms with Crippen molar-refractivity contribution in [1.82, 2.24) is 4.57 Å². The van der Waals surface area contributed by atoms with Crippen molar-refractivity contribution in [2.75, 3.05) is 0 Å². The number of nitrogens with zero attached hydrogens (tertiary/aromatic N) is 1. The largest absolute Gasteiger partial charge is 0.309 e. The van der Waals surface area contributed by atoms with Gasteiger partial charge in [-0.2, -0.15) is 0 Å². The molecule has 0 radical (unpaired) electrons. The van der Waals surface area contributed by atoms with Gasteiger partial charge in [0.15, 0.2) is 0 Å². The molecule has 7 aromatic carbocycles. The lowest BCUT2D eigenvalue weighted by atomic mass is 9.50. The molecule has 258 valence electrons. The summed E-state index contributed by atoms with van der Waals surface area (Å²) in [5, 5.41) is 5.27. The predicted octanol–water partition coefficient (Wildman–Crippen LogP) is 14.2. The Morgan fingerprint density at radius 1 is 0.481 bits per heavy atom. The van der Waals surface area contributed by atoms with Crippen LogP contribution in [-0.2, 0) is 5.41 Å². The minimum Gasteiger partial charge on any atom is -0.309 e. The van der Waals surface area contributed by atoms with E-state index in [-0.39, 0.29) is 5.41 Å². The van der Waals surface area contributed by atoms with Gasteiger partial charge >= 0.3 is 0 Å². The third-order valence-corrected chi connectivity index (χ3v) is 15.6. The zero-order valence-electron chi connectivity index (χ0n) is 30.1. The Kier molecular flexibility index (Phi) is 6.01.